The van der Waals surface area contributed by atoms with Gasteiger partial charge < -0.3 is 14.8 Å². The van der Waals surface area contributed by atoms with Crippen molar-refractivity contribution in [2.24, 2.45) is 0 Å². The lowest BCUT2D eigenvalue weighted by Gasteiger charge is -2.16. The molecule has 0 atom stereocenters. The van der Waals surface area contributed by atoms with Crippen molar-refractivity contribution in [2.75, 3.05) is 12.0 Å². The molecule has 1 aliphatic heterocycles. The van der Waals surface area contributed by atoms with Gasteiger partial charge in [0.1, 0.15) is 23.8 Å². The summed E-state index contributed by atoms with van der Waals surface area (Å²) in [6.07, 6.45) is 1.79. The number of hydrogen-bond donors (Lipinski definition) is 1. The molecule has 0 radical (unpaired) electrons. The van der Waals surface area contributed by atoms with Crippen molar-refractivity contribution in [3.05, 3.63) is 92.7 Å². The number of benzene rings is 3. The lowest BCUT2D eigenvalue weighted by atomic mass is 10.1. The van der Waals surface area contributed by atoms with Gasteiger partial charge in [-0.1, -0.05) is 24.3 Å². The fourth-order valence-electron chi connectivity index (χ4n) is 3.43. The van der Waals surface area contributed by atoms with Gasteiger partial charge in [0.05, 0.1) is 12.8 Å². The number of carbonyl (C=O) groups excluding carboxylic acids is 1. The molecule has 1 aliphatic rings. The van der Waals surface area contributed by atoms with Crippen molar-refractivity contribution in [2.45, 2.75) is 13.5 Å². The standard InChI is InChI=1S/C25H21IN2O3S/c1-16-5-3-4-6-22(16)28-24(29)21(27-25(28)32)14-17-7-12-23(30-2)18(13-17)15-31-20-10-8-19(26)9-11-20/h3-14H,15H2,1-2H3,(H,27,32)/b21-14+. The largest absolute Gasteiger partial charge is 0.496 e. The number of methoxy groups -OCH3 is 1. The number of anilines is 1. The number of para-hydroxylation sites is 1. The van der Waals surface area contributed by atoms with Crippen molar-refractivity contribution in [1.82, 2.24) is 5.32 Å². The number of rotatable bonds is 6. The minimum atomic E-state index is -0.184. The quantitative estimate of drug-likeness (QED) is 0.249. The van der Waals surface area contributed by atoms with Crippen LogP contribution in [0.3, 0.4) is 0 Å². The Morgan fingerprint density at radius 1 is 1.09 bits per heavy atom. The average molecular weight is 556 g/mol. The van der Waals surface area contributed by atoms with Crippen LogP contribution in [0.25, 0.3) is 6.08 Å². The Labute approximate surface area is 206 Å². The smallest absolute Gasteiger partial charge is 0.281 e. The zero-order chi connectivity index (χ0) is 22.7. The molecule has 1 fully saturated rings. The fourth-order valence-corrected chi connectivity index (χ4v) is 4.08. The third-order valence-corrected chi connectivity index (χ3v) is 6.06. The number of carbonyl (C=O) groups is 1. The summed E-state index contributed by atoms with van der Waals surface area (Å²) in [5.41, 5.74) is 3.90. The van der Waals surface area contributed by atoms with Crippen LogP contribution in [0.5, 0.6) is 11.5 Å². The Morgan fingerprint density at radius 2 is 1.84 bits per heavy atom. The molecule has 0 unspecified atom stereocenters. The summed E-state index contributed by atoms with van der Waals surface area (Å²) in [6, 6.07) is 21.2. The fraction of sp³-hybridized carbons (Fsp3) is 0.120. The summed E-state index contributed by atoms with van der Waals surface area (Å²) >= 11 is 7.69. The molecule has 7 heteroatoms. The molecule has 0 bridgehead atoms. The van der Waals surface area contributed by atoms with E-state index in [1.807, 2.05) is 73.7 Å². The molecule has 162 valence electrons. The van der Waals surface area contributed by atoms with E-state index in [1.54, 1.807) is 13.2 Å². The van der Waals surface area contributed by atoms with Crippen LogP contribution in [-0.4, -0.2) is 18.1 Å². The number of nitrogens with one attached hydrogen (secondary N) is 1. The molecule has 0 saturated carbocycles. The number of thiocarbonyl (C=S) groups is 1. The highest BCUT2D eigenvalue weighted by Gasteiger charge is 2.32. The lowest BCUT2D eigenvalue weighted by molar-refractivity contribution is -0.113. The highest BCUT2D eigenvalue weighted by Crippen LogP contribution is 2.27. The Balaban J connectivity index is 1.58. The van der Waals surface area contributed by atoms with E-state index in [4.69, 9.17) is 21.7 Å². The molecule has 3 aromatic rings. The highest BCUT2D eigenvalue weighted by molar-refractivity contribution is 14.1. The molecular formula is C25H21IN2O3S. The molecule has 4 rings (SSSR count). The number of halogens is 1. The van der Waals surface area contributed by atoms with E-state index >= 15 is 0 Å². The van der Waals surface area contributed by atoms with Crippen molar-refractivity contribution in [3.63, 3.8) is 0 Å². The van der Waals surface area contributed by atoms with Crippen LogP contribution in [0.15, 0.2) is 72.4 Å². The van der Waals surface area contributed by atoms with E-state index in [2.05, 4.69) is 27.9 Å². The van der Waals surface area contributed by atoms with Gasteiger partial charge in [0, 0.05) is 9.13 Å². The molecule has 0 spiro atoms. The first-order valence-corrected chi connectivity index (χ1v) is 11.4. The zero-order valence-electron chi connectivity index (χ0n) is 17.6. The lowest BCUT2D eigenvalue weighted by Crippen LogP contribution is -2.30. The van der Waals surface area contributed by atoms with Crippen LogP contribution in [0.2, 0.25) is 0 Å². The first kappa shape index (κ1) is 22.3. The van der Waals surface area contributed by atoms with Gasteiger partial charge in [0.25, 0.3) is 5.91 Å². The molecular weight excluding hydrogens is 535 g/mol. The number of hydrogen-bond acceptors (Lipinski definition) is 4. The third-order valence-electron chi connectivity index (χ3n) is 5.06. The third kappa shape index (κ3) is 4.78. The molecule has 3 aromatic carbocycles. The summed E-state index contributed by atoms with van der Waals surface area (Å²) in [5, 5.41) is 3.41. The Kier molecular flexibility index (Phi) is 6.76. The van der Waals surface area contributed by atoms with Crippen LogP contribution in [0, 0.1) is 10.5 Å². The molecule has 0 aliphatic carbocycles. The molecule has 1 N–H and O–H groups in total. The van der Waals surface area contributed by atoms with Gasteiger partial charge in [-0.05, 0) is 101 Å². The van der Waals surface area contributed by atoms with Crippen molar-refractivity contribution in [1.29, 1.82) is 0 Å². The topological polar surface area (TPSA) is 50.8 Å². The first-order chi connectivity index (χ1) is 15.5. The van der Waals surface area contributed by atoms with Crippen LogP contribution in [-0.2, 0) is 11.4 Å². The molecule has 1 heterocycles. The maximum Gasteiger partial charge on any atom is 0.281 e. The average Bonchev–Trinajstić information content (AvgIpc) is 3.06. The molecule has 0 aromatic heterocycles. The van der Waals surface area contributed by atoms with E-state index in [9.17, 15) is 4.79 Å². The predicted octanol–water partition coefficient (Wildman–Crippen LogP) is 5.45. The van der Waals surface area contributed by atoms with Crippen LogP contribution in [0.1, 0.15) is 16.7 Å². The van der Waals surface area contributed by atoms with Gasteiger partial charge in [-0.2, -0.15) is 0 Å². The van der Waals surface area contributed by atoms with Gasteiger partial charge in [-0.15, -0.1) is 0 Å². The second-order valence-electron chi connectivity index (χ2n) is 7.23. The van der Waals surface area contributed by atoms with Gasteiger partial charge in [0.2, 0.25) is 0 Å². The minimum Gasteiger partial charge on any atom is -0.496 e. The van der Waals surface area contributed by atoms with Gasteiger partial charge in [-0.25, -0.2) is 0 Å². The first-order valence-electron chi connectivity index (χ1n) is 9.94. The number of aryl methyl sites for hydroxylation is 1. The Hall–Kier alpha value is -2.91. The van der Waals surface area contributed by atoms with E-state index in [0.717, 1.165) is 37.4 Å². The SMILES string of the molecule is COc1ccc(/C=C2/NC(=S)N(c3ccccc3C)C2=O)cc1COc1ccc(I)cc1. The number of amides is 1. The van der Waals surface area contributed by atoms with E-state index in [0.29, 0.717) is 17.4 Å². The van der Waals surface area contributed by atoms with E-state index < -0.39 is 0 Å². The van der Waals surface area contributed by atoms with Crippen molar-refractivity contribution < 1.29 is 14.3 Å². The van der Waals surface area contributed by atoms with Crippen LogP contribution in [0.4, 0.5) is 5.69 Å². The maximum atomic E-state index is 13.1. The highest BCUT2D eigenvalue weighted by atomic mass is 127. The second kappa shape index (κ2) is 9.70. The summed E-state index contributed by atoms with van der Waals surface area (Å²) in [6.45, 7) is 2.30. The van der Waals surface area contributed by atoms with Crippen LogP contribution >= 0.6 is 34.8 Å². The normalized spacial score (nSPS) is 14.6. The minimum absolute atomic E-state index is 0.184. The Bertz CT molecular complexity index is 1210. The van der Waals surface area contributed by atoms with Gasteiger partial charge in [-0.3, -0.25) is 9.69 Å². The van der Waals surface area contributed by atoms with Crippen molar-refractivity contribution in [3.8, 4) is 11.5 Å². The van der Waals surface area contributed by atoms with E-state index in [1.165, 1.54) is 4.90 Å². The Morgan fingerprint density at radius 3 is 2.56 bits per heavy atom. The van der Waals surface area contributed by atoms with Crippen LogP contribution < -0.4 is 19.7 Å². The maximum absolute atomic E-state index is 13.1. The number of ether oxygens (including phenoxy) is 2. The molecule has 1 amide bonds. The molecule has 5 nitrogen and oxygen atoms in total. The van der Waals surface area contributed by atoms with Gasteiger partial charge >= 0.3 is 0 Å². The second-order valence-corrected chi connectivity index (χ2v) is 8.86. The van der Waals surface area contributed by atoms with Crippen molar-refractivity contribution >= 4 is 57.6 Å². The molecule has 1 saturated heterocycles. The monoisotopic (exact) mass is 556 g/mol. The van der Waals surface area contributed by atoms with Gasteiger partial charge in [0.15, 0.2) is 5.11 Å². The molecule has 32 heavy (non-hydrogen) atoms. The number of nitrogens with zero attached hydrogens (tertiary/aromatic N) is 1. The summed E-state index contributed by atoms with van der Waals surface area (Å²) in [5.74, 6) is 1.32. The van der Waals surface area contributed by atoms with E-state index in [-0.39, 0.29) is 5.91 Å². The predicted molar refractivity (Wildman–Crippen MR) is 139 cm³/mol. The summed E-state index contributed by atoms with van der Waals surface area (Å²) in [7, 11) is 1.63. The zero-order valence-corrected chi connectivity index (χ0v) is 20.6. The summed E-state index contributed by atoms with van der Waals surface area (Å²) in [4.78, 5) is 14.6. The summed E-state index contributed by atoms with van der Waals surface area (Å²) < 4.78 is 12.6.